The summed E-state index contributed by atoms with van der Waals surface area (Å²) in [5.41, 5.74) is 2.04. The van der Waals surface area contributed by atoms with Crippen LogP contribution in [0.3, 0.4) is 0 Å². The maximum Gasteiger partial charge on any atom is 0.412 e. The van der Waals surface area contributed by atoms with E-state index in [1.165, 1.54) is 4.90 Å². The van der Waals surface area contributed by atoms with Crippen LogP contribution < -0.4 is 10.1 Å². The van der Waals surface area contributed by atoms with E-state index < -0.39 is 0 Å². The first-order valence-electron chi connectivity index (χ1n) is 7.10. The van der Waals surface area contributed by atoms with Crippen LogP contribution in [-0.2, 0) is 10.9 Å². The van der Waals surface area contributed by atoms with Crippen molar-refractivity contribution in [2.45, 2.75) is 44.9 Å². The third-order valence-electron chi connectivity index (χ3n) is 3.15. The van der Waals surface area contributed by atoms with Crippen LogP contribution in [0.25, 0.3) is 0 Å². The minimum Gasteiger partial charge on any atom is -0.410 e. The van der Waals surface area contributed by atoms with Gasteiger partial charge in [0.2, 0.25) is 0 Å². The zero-order valence-electron chi connectivity index (χ0n) is 13.2. The van der Waals surface area contributed by atoms with E-state index in [0.29, 0.717) is 12.3 Å². The molecule has 1 rings (SSSR count). The molecule has 0 radical (unpaired) electrons. The van der Waals surface area contributed by atoms with Gasteiger partial charge in [-0.1, -0.05) is 19.8 Å². The molecular weight excluding hydrogens is 270 g/mol. The predicted molar refractivity (Wildman–Crippen MR) is 86.9 cm³/mol. The van der Waals surface area contributed by atoms with Crippen molar-refractivity contribution in [1.29, 1.82) is 0 Å². The van der Waals surface area contributed by atoms with Crippen LogP contribution in [0.5, 0.6) is 5.75 Å². The lowest BCUT2D eigenvalue weighted by Gasteiger charge is -2.12. The summed E-state index contributed by atoms with van der Waals surface area (Å²) in [5, 5.41) is 2.80. The monoisotopic (exact) mass is 296 g/mol. The molecule has 0 fully saturated rings. The van der Waals surface area contributed by atoms with Gasteiger partial charge in [0.15, 0.2) is 4.90 Å². The molecule has 0 bridgehead atoms. The first-order valence-corrected chi connectivity index (χ1v) is 9.14. The number of hydrogen-bond acceptors (Lipinski definition) is 2. The van der Waals surface area contributed by atoms with Crippen LogP contribution in [0, 0.1) is 13.8 Å². The van der Waals surface area contributed by atoms with Crippen molar-refractivity contribution in [3.05, 3.63) is 23.3 Å². The summed E-state index contributed by atoms with van der Waals surface area (Å²) in [6.45, 7) is 6.80. The molecular formula is C16H26NO2S+. The summed E-state index contributed by atoms with van der Waals surface area (Å²) >= 11 is 0. The number of ether oxygens (including phenoxy) is 1. The third kappa shape index (κ3) is 5.08. The molecule has 0 aliphatic carbocycles. The second-order valence-electron chi connectivity index (χ2n) is 5.23. The van der Waals surface area contributed by atoms with Crippen LogP contribution in [0.15, 0.2) is 17.0 Å². The van der Waals surface area contributed by atoms with Crippen molar-refractivity contribution in [3.8, 4) is 5.75 Å². The SMILES string of the molecule is CCCCCNC(=O)Oc1c(C)cc([S+](C)C)cc1C. The Kier molecular flexibility index (Phi) is 6.93. The molecule has 0 unspecified atom stereocenters. The summed E-state index contributed by atoms with van der Waals surface area (Å²) in [7, 11) is 0.216. The van der Waals surface area contributed by atoms with Crippen molar-refractivity contribution < 1.29 is 9.53 Å². The number of aryl methyl sites for hydroxylation is 2. The standard InChI is InChI=1S/C16H25NO2S/c1-6-7-8-9-17-16(18)19-15-12(2)10-14(20(4)5)11-13(15)3/h10-11H,6-9H2,1-5H3/p+1. The average Bonchev–Trinajstić information content (AvgIpc) is 2.38. The lowest BCUT2D eigenvalue weighted by atomic mass is 10.1. The molecule has 0 spiro atoms. The van der Waals surface area contributed by atoms with Gasteiger partial charge in [0.1, 0.15) is 18.3 Å². The molecule has 0 saturated heterocycles. The number of carbonyl (C=O) groups excluding carboxylic acids is 1. The highest BCUT2D eigenvalue weighted by molar-refractivity contribution is 7.95. The van der Waals surface area contributed by atoms with Crippen LogP contribution in [0.4, 0.5) is 4.79 Å². The molecule has 1 aromatic carbocycles. The Hall–Kier alpha value is -1.16. The van der Waals surface area contributed by atoms with Gasteiger partial charge in [-0.2, -0.15) is 0 Å². The van der Waals surface area contributed by atoms with Gasteiger partial charge in [0, 0.05) is 17.4 Å². The number of amides is 1. The van der Waals surface area contributed by atoms with Gasteiger partial charge in [-0.3, -0.25) is 0 Å². The molecule has 3 nitrogen and oxygen atoms in total. The molecule has 0 aliphatic rings. The zero-order chi connectivity index (χ0) is 15.1. The van der Waals surface area contributed by atoms with Crippen molar-refractivity contribution in [3.63, 3.8) is 0 Å². The zero-order valence-corrected chi connectivity index (χ0v) is 14.0. The highest BCUT2D eigenvalue weighted by Crippen LogP contribution is 2.27. The smallest absolute Gasteiger partial charge is 0.410 e. The second-order valence-corrected chi connectivity index (χ2v) is 7.33. The van der Waals surface area contributed by atoms with Crippen LogP contribution in [0.2, 0.25) is 0 Å². The highest BCUT2D eigenvalue weighted by Gasteiger charge is 2.16. The molecule has 0 aromatic heterocycles. The Morgan fingerprint density at radius 3 is 2.30 bits per heavy atom. The summed E-state index contributed by atoms with van der Waals surface area (Å²) in [4.78, 5) is 13.1. The molecule has 0 atom stereocenters. The molecule has 1 amide bonds. The third-order valence-corrected chi connectivity index (χ3v) is 4.33. The molecule has 0 saturated carbocycles. The van der Waals surface area contributed by atoms with E-state index in [4.69, 9.17) is 4.74 Å². The second kappa shape index (κ2) is 8.20. The largest absolute Gasteiger partial charge is 0.412 e. The minimum absolute atomic E-state index is 0.216. The molecule has 112 valence electrons. The molecule has 20 heavy (non-hydrogen) atoms. The van der Waals surface area contributed by atoms with Gasteiger partial charge in [0.25, 0.3) is 0 Å². The van der Waals surface area contributed by atoms with Gasteiger partial charge in [0.05, 0.1) is 0 Å². The normalized spacial score (nSPS) is 10.7. The van der Waals surface area contributed by atoms with Crippen molar-refractivity contribution in [2.24, 2.45) is 0 Å². The highest BCUT2D eigenvalue weighted by atomic mass is 32.2. The lowest BCUT2D eigenvalue weighted by molar-refractivity contribution is 0.199. The van der Waals surface area contributed by atoms with Gasteiger partial charge < -0.3 is 10.1 Å². The maximum atomic E-state index is 11.8. The summed E-state index contributed by atoms with van der Waals surface area (Å²) in [5.74, 6) is 0.687. The van der Waals surface area contributed by atoms with E-state index in [2.05, 4.69) is 36.9 Å². The minimum atomic E-state index is -0.355. The summed E-state index contributed by atoms with van der Waals surface area (Å²) < 4.78 is 5.44. The average molecular weight is 296 g/mol. The van der Waals surface area contributed by atoms with Gasteiger partial charge in [-0.15, -0.1) is 0 Å². The maximum absolute atomic E-state index is 11.8. The first kappa shape index (κ1) is 16.9. The van der Waals surface area contributed by atoms with E-state index in [-0.39, 0.29) is 17.0 Å². The number of benzene rings is 1. The number of nitrogens with one attached hydrogen (secondary N) is 1. The Morgan fingerprint density at radius 1 is 1.20 bits per heavy atom. The summed E-state index contributed by atoms with van der Waals surface area (Å²) in [6.07, 6.45) is 7.29. The van der Waals surface area contributed by atoms with Crippen LogP contribution >= 0.6 is 0 Å². The molecule has 1 N–H and O–H groups in total. The number of unbranched alkanes of at least 4 members (excludes halogenated alkanes) is 2. The van der Waals surface area contributed by atoms with E-state index in [1.807, 2.05) is 13.8 Å². The summed E-state index contributed by atoms with van der Waals surface area (Å²) in [6, 6.07) is 4.21. The molecule has 0 heterocycles. The topological polar surface area (TPSA) is 38.3 Å². The fourth-order valence-corrected chi connectivity index (χ4v) is 2.83. The van der Waals surface area contributed by atoms with E-state index in [9.17, 15) is 4.79 Å². The van der Waals surface area contributed by atoms with E-state index in [1.54, 1.807) is 0 Å². The Morgan fingerprint density at radius 2 is 1.80 bits per heavy atom. The fraction of sp³-hybridized carbons (Fsp3) is 0.562. The van der Waals surface area contributed by atoms with Gasteiger partial charge >= 0.3 is 6.09 Å². The van der Waals surface area contributed by atoms with Crippen molar-refractivity contribution in [1.82, 2.24) is 5.32 Å². The van der Waals surface area contributed by atoms with E-state index >= 15 is 0 Å². The van der Waals surface area contributed by atoms with Gasteiger partial charge in [-0.05, 0) is 43.5 Å². The first-order chi connectivity index (χ1) is 9.45. The van der Waals surface area contributed by atoms with Gasteiger partial charge in [-0.25, -0.2) is 4.79 Å². The predicted octanol–water partition coefficient (Wildman–Crippen LogP) is 3.82. The number of hydrogen-bond donors (Lipinski definition) is 1. The quantitative estimate of drug-likeness (QED) is 0.640. The fourth-order valence-electron chi connectivity index (χ4n) is 2.00. The number of rotatable bonds is 6. The van der Waals surface area contributed by atoms with Crippen molar-refractivity contribution >= 4 is 17.0 Å². The molecule has 4 heteroatoms. The van der Waals surface area contributed by atoms with Crippen molar-refractivity contribution in [2.75, 3.05) is 19.1 Å². The Labute approximate surface area is 125 Å². The molecule has 1 aromatic rings. The number of carbonyl (C=O) groups is 1. The van der Waals surface area contributed by atoms with E-state index in [0.717, 1.165) is 30.4 Å². The lowest BCUT2D eigenvalue weighted by Crippen LogP contribution is -2.28. The molecule has 0 aliphatic heterocycles. The van der Waals surface area contributed by atoms with Crippen LogP contribution in [0.1, 0.15) is 37.3 Å². The van der Waals surface area contributed by atoms with Crippen LogP contribution in [-0.4, -0.2) is 25.1 Å². The Balaban J connectivity index is 2.66. The Bertz CT molecular complexity index is 435.